The van der Waals surface area contributed by atoms with E-state index >= 15 is 0 Å². The first kappa shape index (κ1) is 27.3. The minimum atomic E-state index is -2.80. The van der Waals surface area contributed by atoms with Crippen molar-refractivity contribution in [2.24, 2.45) is 0 Å². The summed E-state index contributed by atoms with van der Waals surface area (Å²) in [6.07, 6.45) is 4.13. The normalized spacial score (nSPS) is 12.6. The molecule has 1 aromatic carbocycles. The lowest BCUT2D eigenvalue weighted by Gasteiger charge is -2.25. The van der Waals surface area contributed by atoms with Gasteiger partial charge in [-0.2, -0.15) is 13.9 Å². The maximum absolute atomic E-state index is 13.3. The van der Waals surface area contributed by atoms with Crippen LogP contribution < -0.4 is 10.3 Å². The van der Waals surface area contributed by atoms with Crippen molar-refractivity contribution in [2.45, 2.75) is 45.4 Å². The van der Waals surface area contributed by atoms with E-state index in [1.807, 2.05) is 0 Å². The monoisotopic (exact) mass is 523 g/mol. The van der Waals surface area contributed by atoms with Gasteiger partial charge in [0.25, 0.3) is 5.56 Å². The Morgan fingerprint density at radius 2 is 1.83 bits per heavy atom. The molecule has 0 aliphatic rings. The number of esters is 1. The first-order valence-corrected chi connectivity index (χ1v) is 11.5. The Morgan fingerprint density at radius 3 is 2.42 bits per heavy atom. The number of rotatable bonds is 9. The molecular weight excluding hydrogens is 496 g/mol. The second kappa shape index (κ2) is 11.2. The van der Waals surface area contributed by atoms with Crippen molar-refractivity contribution < 1.29 is 27.8 Å². The number of methoxy groups -OCH3 is 2. The van der Waals surface area contributed by atoms with Crippen molar-refractivity contribution in [3.63, 3.8) is 0 Å². The molecule has 3 aromatic rings. The van der Waals surface area contributed by atoms with Crippen LogP contribution in [0.25, 0.3) is 22.3 Å². The summed E-state index contributed by atoms with van der Waals surface area (Å²) in [6.45, 7) is 2.63. The van der Waals surface area contributed by atoms with E-state index in [2.05, 4.69) is 5.10 Å². The van der Waals surface area contributed by atoms with Crippen molar-refractivity contribution >= 4 is 17.6 Å². The highest BCUT2D eigenvalue weighted by Gasteiger charge is 2.28. The molecule has 2 aromatic heterocycles. The lowest BCUT2D eigenvalue weighted by molar-refractivity contribution is -0.159. The summed E-state index contributed by atoms with van der Waals surface area (Å²) in [5, 5.41) is 4.07. The van der Waals surface area contributed by atoms with Gasteiger partial charge in [0, 0.05) is 48.6 Å². The fraction of sp³-hybridized carbons (Fsp3) is 0.400. The third kappa shape index (κ3) is 6.30. The van der Waals surface area contributed by atoms with Crippen LogP contribution in [0.15, 0.2) is 47.7 Å². The zero-order valence-corrected chi connectivity index (χ0v) is 21.4. The predicted octanol–water partition coefficient (Wildman–Crippen LogP) is 5.36. The first-order valence-electron chi connectivity index (χ1n) is 11.1. The molecule has 0 saturated heterocycles. The lowest BCUT2D eigenvalue weighted by Crippen LogP contribution is -2.35. The van der Waals surface area contributed by atoms with Gasteiger partial charge in [-0.3, -0.25) is 9.36 Å². The number of carbonyl (C=O) groups is 1. The molecule has 0 bridgehead atoms. The van der Waals surface area contributed by atoms with E-state index in [4.69, 9.17) is 25.8 Å². The molecule has 1 atom stereocenters. The largest absolute Gasteiger partial charge is 0.495 e. The van der Waals surface area contributed by atoms with E-state index < -0.39 is 29.7 Å². The first-order chi connectivity index (χ1) is 16.9. The number of halogens is 3. The van der Waals surface area contributed by atoms with Crippen molar-refractivity contribution in [3.8, 4) is 28.0 Å². The van der Waals surface area contributed by atoms with Crippen LogP contribution in [0.4, 0.5) is 8.78 Å². The Hall–Kier alpha value is -3.24. The summed E-state index contributed by atoms with van der Waals surface area (Å²) in [7, 11) is 2.92. The highest BCUT2D eigenvalue weighted by molar-refractivity contribution is 6.31. The summed E-state index contributed by atoms with van der Waals surface area (Å²) in [5.74, 6) is -0.315. The smallest absolute Gasteiger partial charge is 0.333 e. The number of hydrogen-bond acceptors (Lipinski definition) is 6. The summed E-state index contributed by atoms with van der Waals surface area (Å²) >= 11 is 6.25. The zero-order chi connectivity index (χ0) is 26.6. The second-order valence-electron chi connectivity index (χ2n) is 9.01. The molecule has 36 heavy (non-hydrogen) atoms. The van der Waals surface area contributed by atoms with E-state index in [1.165, 1.54) is 43.4 Å². The fourth-order valence-electron chi connectivity index (χ4n) is 3.69. The highest BCUT2D eigenvalue weighted by Crippen LogP contribution is 2.38. The number of benzene rings is 1. The van der Waals surface area contributed by atoms with Gasteiger partial charge in [0.2, 0.25) is 0 Å². The molecule has 0 N–H and O–H groups in total. The van der Waals surface area contributed by atoms with E-state index in [9.17, 15) is 18.4 Å². The van der Waals surface area contributed by atoms with E-state index in [0.29, 0.717) is 32.0 Å². The molecule has 11 heteroatoms. The molecule has 0 amide bonds. The van der Waals surface area contributed by atoms with E-state index in [1.54, 1.807) is 39.0 Å². The van der Waals surface area contributed by atoms with Gasteiger partial charge in [-0.05, 0) is 44.0 Å². The molecule has 1 unspecified atom stereocenters. The minimum absolute atomic E-state index is 0.197. The molecule has 2 heterocycles. The van der Waals surface area contributed by atoms with Crippen LogP contribution in [0.2, 0.25) is 5.02 Å². The van der Waals surface area contributed by atoms with E-state index in [0.717, 1.165) is 0 Å². The third-order valence-corrected chi connectivity index (χ3v) is 5.49. The number of hydrogen-bond donors (Lipinski definition) is 0. The van der Waals surface area contributed by atoms with Gasteiger partial charge in [-0.15, -0.1) is 0 Å². The number of aromatic nitrogens is 3. The molecule has 0 aliphatic carbocycles. The Kier molecular flexibility index (Phi) is 8.52. The Balaban J connectivity index is 2.15. The molecule has 194 valence electrons. The SMILES string of the molecule is COCCC(C(=O)OC(C)(C)C)n1cc(OC)c(-c2cc(Cl)ccc2-c2cnn(C(F)F)c2)cc1=O. The van der Waals surface area contributed by atoms with Crippen LogP contribution in [0, 0.1) is 0 Å². The number of nitrogens with zero attached hydrogens (tertiary/aromatic N) is 3. The Bertz CT molecular complexity index is 1280. The molecule has 0 saturated carbocycles. The summed E-state index contributed by atoms with van der Waals surface area (Å²) in [5.41, 5.74) is 0.518. The standard InChI is InChI=1S/C25H28ClF2N3O5/c1-25(2,3)36-23(33)20(8-9-34-4)30-14-21(35-5)19(11-22(30)32)18-10-16(26)6-7-17(18)15-12-29-31(13-15)24(27)28/h6-7,10-14,20,24H,8-9H2,1-5H3. The van der Waals surface area contributed by atoms with Crippen LogP contribution in [0.1, 0.15) is 39.8 Å². The Labute approximate surface area is 212 Å². The fourth-order valence-corrected chi connectivity index (χ4v) is 3.86. The molecular formula is C25H28ClF2N3O5. The molecule has 3 rings (SSSR count). The summed E-state index contributed by atoms with van der Waals surface area (Å²) < 4.78 is 44.2. The molecule has 8 nitrogen and oxygen atoms in total. The topological polar surface area (TPSA) is 84.6 Å². The number of ether oxygens (including phenoxy) is 3. The van der Waals surface area contributed by atoms with Gasteiger partial charge in [-0.1, -0.05) is 17.7 Å². The molecule has 0 radical (unpaired) electrons. The average Bonchev–Trinajstić information content (AvgIpc) is 3.29. The van der Waals surface area contributed by atoms with Crippen LogP contribution in [-0.2, 0) is 14.3 Å². The second-order valence-corrected chi connectivity index (χ2v) is 9.44. The van der Waals surface area contributed by atoms with Crippen LogP contribution in [-0.4, -0.2) is 46.7 Å². The highest BCUT2D eigenvalue weighted by atomic mass is 35.5. The van der Waals surface area contributed by atoms with Crippen LogP contribution in [0.3, 0.4) is 0 Å². The maximum Gasteiger partial charge on any atom is 0.333 e. The number of carbonyl (C=O) groups excluding carboxylic acids is 1. The number of alkyl halides is 2. The minimum Gasteiger partial charge on any atom is -0.495 e. The van der Waals surface area contributed by atoms with Crippen molar-refractivity contribution in [2.75, 3.05) is 20.8 Å². The predicted molar refractivity (Wildman–Crippen MR) is 132 cm³/mol. The summed E-state index contributed by atoms with van der Waals surface area (Å²) in [4.78, 5) is 26.2. The summed E-state index contributed by atoms with van der Waals surface area (Å²) in [6, 6.07) is 5.22. The average molecular weight is 524 g/mol. The van der Waals surface area contributed by atoms with Gasteiger partial charge in [0.05, 0.1) is 19.5 Å². The van der Waals surface area contributed by atoms with Crippen molar-refractivity contribution in [3.05, 3.63) is 58.2 Å². The van der Waals surface area contributed by atoms with E-state index in [-0.39, 0.29) is 18.8 Å². The third-order valence-electron chi connectivity index (χ3n) is 5.26. The maximum atomic E-state index is 13.3. The van der Waals surface area contributed by atoms with Gasteiger partial charge >= 0.3 is 12.5 Å². The van der Waals surface area contributed by atoms with Crippen molar-refractivity contribution in [1.29, 1.82) is 0 Å². The van der Waals surface area contributed by atoms with Gasteiger partial charge in [0.1, 0.15) is 17.4 Å². The molecule has 0 aliphatic heterocycles. The van der Waals surface area contributed by atoms with Crippen molar-refractivity contribution in [1.82, 2.24) is 14.3 Å². The van der Waals surface area contributed by atoms with Gasteiger partial charge < -0.3 is 14.2 Å². The molecule has 0 fully saturated rings. The zero-order valence-electron chi connectivity index (χ0n) is 20.6. The lowest BCUT2D eigenvalue weighted by atomic mass is 9.96. The van der Waals surface area contributed by atoms with Gasteiger partial charge in [-0.25, -0.2) is 9.48 Å². The van der Waals surface area contributed by atoms with Gasteiger partial charge in [0.15, 0.2) is 0 Å². The number of pyridine rings is 1. The Morgan fingerprint density at radius 1 is 1.11 bits per heavy atom. The quantitative estimate of drug-likeness (QED) is 0.351. The van der Waals surface area contributed by atoms with Crippen LogP contribution >= 0.6 is 11.6 Å². The van der Waals surface area contributed by atoms with Crippen LogP contribution in [0.5, 0.6) is 5.75 Å². The molecule has 0 spiro atoms.